The molecule has 0 aliphatic carbocycles. The number of furan rings is 1. The van der Waals surface area contributed by atoms with Gasteiger partial charge in [-0.1, -0.05) is 11.6 Å². The molecule has 0 fully saturated rings. The first-order chi connectivity index (χ1) is 8.72. The minimum atomic E-state index is -0.434. The summed E-state index contributed by atoms with van der Waals surface area (Å²) < 4.78 is 6.05. The van der Waals surface area contributed by atoms with Crippen LogP contribution in [0.15, 0.2) is 41.0 Å². The van der Waals surface area contributed by atoms with E-state index in [-0.39, 0.29) is 0 Å². The van der Waals surface area contributed by atoms with Crippen molar-refractivity contribution in [1.82, 2.24) is 5.06 Å². The summed E-state index contributed by atoms with van der Waals surface area (Å²) in [5, 5.41) is 1.73. The number of rotatable bonds is 3. The molecule has 1 unspecified atom stereocenters. The van der Waals surface area contributed by atoms with Gasteiger partial charge >= 0.3 is 0 Å². The predicted octanol–water partition coefficient (Wildman–Crippen LogP) is 3.07. The minimum Gasteiger partial charge on any atom is -0.467 e. The van der Waals surface area contributed by atoms with Crippen molar-refractivity contribution in [2.75, 3.05) is 0 Å². The molecule has 0 saturated carbocycles. The van der Waals surface area contributed by atoms with Crippen molar-refractivity contribution in [1.29, 1.82) is 0 Å². The van der Waals surface area contributed by atoms with Gasteiger partial charge in [0.2, 0.25) is 0 Å². The molecule has 0 aromatic carbocycles. The Hall–Kier alpha value is -1.27. The molecule has 3 rings (SSSR count). The minimum absolute atomic E-state index is 0.434. The van der Waals surface area contributed by atoms with Gasteiger partial charge in [-0.3, -0.25) is 0 Å². The van der Waals surface area contributed by atoms with Crippen molar-refractivity contribution in [2.24, 2.45) is 5.73 Å². The SMILES string of the molecule is NC1C=C(c2ccc(Cl)s2)N(Cc2ccco2)O1. The van der Waals surface area contributed by atoms with Crippen molar-refractivity contribution in [2.45, 2.75) is 12.8 Å². The molecule has 2 aromatic rings. The highest BCUT2D eigenvalue weighted by atomic mass is 35.5. The van der Waals surface area contributed by atoms with Gasteiger partial charge < -0.3 is 10.2 Å². The van der Waals surface area contributed by atoms with E-state index in [9.17, 15) is 0 Å². The Morgan fingerprint density at radius 3 is 2.94 bits per heavy atom. The average Bonchev–Trinajstić information content (AvgIpc) is 3.01. The molecule has 4 nitrogen and oxygen atoms in total. The van der Waals surface area contributed by atoms with E-state index in [1.165, 1.54) is 11.3 Å². The van der Waals surface area contributed by atoms with Crippen molar-refractivity contribution in [3.63, 3.8) is 0 Å². The second-order valence-corrected chi connectivity index (χ2v) is 5.56. The van der Waals surface area contributed by atoms with E-state index in [0.29, 0.717) is 6.54 Å². The molecule has 2 N–H and O–H groups in total. The molecule has 0 radical (unpaired) electrons. The Kier molecular flexibility index (Phi) is 3.13. The molecular formula is C12H11ClN2O2S. The quantitative estimate of drug-likeness (QED) is 0.940. The zero-order valence-electron chi connectivity index (χ0n) is 9.38. The van der Waals surface area contributed by atoms with Crippen LogP contribution >= 0.6 is 22.9 Å². The number of thiophene rings is 1. The van der Waals surface area contributed by atoms with Gasteiger partial charge in [-0.05, 0) is 30.3 Å². The highest BCUT2D eigenvalue weighted by Crippen LogP contribution is 2.34. The smallest absolute Gasteiger partial charge is 0.155 e. The number of hydrogen-bond acceptors (Lipinski definition) is 5. The molecule has 1 aliphatic heterocycles. The second kappa shape index (κ2) is 4.78. The molecule has 94 valence electrons. The lowest BCUT2D eigenvalue weighted by molar-refractivity contribution is -0.128. The van der Waals surface area contributed by atoms with Gasteiger partial charge in [0.1, 0.15) is 12.3 Å². The lowest BCUT2D eigenvalue weighted by Gasteiger charge is -2.19. The molecule has 1 atom stereocenters. The zero-order valence-corrected chi connectivity index (χ0v) is 10.9. The third-order valence-electron chi connectivity index (χ3n) is 2.54. The summed E-state index contributed by atoms with van der Waals surface area (Å²) in [5.74, 6) is 0.817. The van der Waals surface area contributed by atoms with E-state index in [2.05, 4.69) is 0 Å². The van der Waals surface area contributed by atoms with Crippen LogP contribution in [0.1, 0.15) is 10.6 Å². The molecule has 3 heterocycles. The Morgan fingerprint density at radius 2 is 2.28 bits per heavy atom. The third kappa shape index (κ3) is 2.30. The van der Waals surface area contributed by atoms with Crippen LogP contribution in [0.25, 0.3) is 5.70 Å². The first-order valence-corrected chi connectivity index (χ1v) is 6.61. The molecule has 18 heavy (non-hydrogen) atoms. The number of hydroxylamine groups is 2. The van der Waals surface area contributed by atoms with Crippen LogP contribution in [0.5, 0.6) is 0 Å². The molecule has 0 saturated heterocycles. The van der Waals surface area contributed by atoms with E-state index in [1.54, 1.807) is 11.3 Å². The predicted molar refractivity (Wildman–Crippen MR) is 70.6 cm³/mol. The van der Waals surface area contributed by atoms with Gasteiger partial charge in [-0.2, -0.15) is 0 Å². The Bertz CT molecular complexity index is 564. The number of nitrogens with two attached hydrogens (primary N) is 1. The Balaban J connectivity index is 1.84. The Labute approximate surface area is 113 Å². The van der Waals surface area contributed by atoms with Crippen LogP contribution in [-0.4, -0.2) is 11.3 Å². The van der Waals surface area contributed by atoms with Crippen LogP contribution in [-0.2, 0) is 11.4 Å². The maximum atomic E-state index is 5.95. The molecular weight excluding hydrogens is 272 g/mol. The van der Waals surface area contributed by atoms with Crippen molar-refractivity contribution in [3.05, 3.63) is 51.6 Å². The zero-order chi connectivity index (χ0) is 12.5. The third-order valence-corrected chi connectivity index (χ3v) is 3.80. The fourth-order valence-electron chi connectivity index (χ4n) is 1.80. The van der Waals surface area contributed by atoms with Crippen molar-refractivity contribution in [3.8, 4) is 0 Å². The van der Waals surface area contributed by atoms with Crippen LogP contribution < -0.4 is 5.73 Å². The number of halogens is 1. The first kappa shape index (κ1) is 11.8. The summed E-state index contributed by atoms with van der Waals surface area (Å²) in [6.07, 6.45) is 3.07. The standard InChI is InChI=1S/C12H11ClN2O2S/c13-11-4-3-10(18-11)9-6-12(14)17-15(9)7-8-2-1-5-16-8/h1-6,12H,7,14H2. The van der Waals surface area contributed by atoms with Crippen LogP contribution in [0.2, 0.25) is 4.34 Å². The van der Waals surface area contributed by atoms with Crippen LogP contribution in [0, 0.1) is 0 Å². The summed E-state index contributed by atoms with van der Waals surface area (Å²) in [4.78, 5) is 6.56. The monoisotopic (exact) mass is 282 g/mol. The molecule has 1 aliphatic rings. The van der Waals surface area contributed by atoms with E-state index in [1.807, 2.05) is 30.3 Å². The molecule has 0 bridgehead atoms. The van der Waals surface area contributed by atoms with Gasteiger partial charge in [0.15, 0.2) is 6.23 Å². The Morgan fingerprint density at radius 1 is 1.39 bits per heavy atom. The highest BCUT2D eigenvalue weighted by Gasteiger charge is 2.25. The normalized spacial score (nSPS) is 19.3. The summed E-state index contributed by atoms with van der Waals surface area (Å²) in [7, 11) is 0. The average molecular weight is 283 g/mol. The molecule has 0 amide bonds. The molecule has 2 aromatic heterocycles. The molecule has 0 spiro atoms. The number of hydrogen-bond donors (Lipinski definition) is 1. The van der Waals surface area contributed by atoms with Gasteiger partial charge in [-0.25, -0.2) is 9.90 Å². The lowest BCUT2D eigenvalue weighted by atomic mass is 10.3. The maximum Gasteiger partial charge on any atom is 0.155 e. The van der Waals surface area contributed by atoms with Crippen molar-refractivity contribution < 1.29 is 9.25 Å². The highest BCUT2D eigenvalue weighted by molar-refractivity contribution is 7.17. The largest absolute Gasteiger partial charge is 0.467 e. The summed E-state index contributed by atoms with van der Waals surface area (Å²) in [5.41, 5.74) is 6.72. The van der Waals surface area contributed by atoms with Crippen molar-refractivity contribution >= 4 is 28.6 Å². The summed E-state index contributed by atoms with van der Waals surface area (Å²) in [6.45, 7) is 0.516. The fraction of sp³-hybridized carbons (Fsp3) is 0.167. The van der Waals surface area contributed by atoms with E-state index in [0.717, 1.165) is 20.7 Å². The summed E-state index contributed by atoms with van der Waals surface area (Å²) >= 11 is 7.44. The van der Waals surface area contributed by atoms with Gasteiger partial charge in [-0.15, -0.1) is 11.3 Å². The van der Waals surface area contributed by atoms with E-state index in [4.69, 9.17) is 26.6 Å². The van der Waals surface area contributed by atoms with Crippen LogP contribution in [0.4, 0.5) is 0 Å². The van der Waals surface area contributed by atoms with Gasteiger partial charge in [0.25, 0.3) is 0 Å². The molecule has 6 heteroatoms. The second-order valence-electron chi connectivity index (χ2n) is 3.84. The number of nitrogens with zero attached hydrogens (tertiary/aromatic N) is 1. The van der Waals surface area contributed by atoms with E-state index < -0.39 is 6.23 Å². The van der Waals surface area contributed by atoms with Gasteiger partial charge in [0, 0.05) is 0 Å². The van der Waals surface area contributed by atoms with Crippen LogP contribution in [0.3, 0.4) is 0 Å². The lowest BCUT2D eigenvalue weighted by Crippen LogP contribution is -2.24. The van der Waals surface area contributed by atoms with E-state index >= 15 is 0 Å². The van der Waals surface area contributed by atoms with Gasteiger partial charge in [0.05, 0.1) is 21.2 Å². The first-order valence-electron chi connectivity index (χ1n) is 5.42. The summed E-state index contributed by atoms with van der Waals surface area (Å²) in [6, 6.07) is 7.55. The topological polar surface area (TPSA) is 51.6 Å². The fourth-order valence-corrected chi connectivity index (χ4v) is 2.87. The maximum absolute atomic E-state index is 5.95.